The molecule has 104 valence electrons. The van der Waals surface area contributed by atoms with Gasteiger partial charge < -0.3 is 4.90 Å². The van der Waals surface area contributed by atoms with Crippen LogP contribution in [0.5, 0.6) is 0 Å². The van der Waals surface area contributed by atoms with Gasteiger partial charge in [-0.1, -0.05) is 12.1 Å². The van der Waals surface area contributed by atoms with Crippen molar-refractivity contribution >= 4 is 25.6 Å². The highest BCUT2D eigenvalue weighted by Gasteiger charge is 2.22. The minimum absolute atomic E-state index is 0.113. The lowest BCUT2D eigenvalue weighted by atomic mass is 9.89. The van der Waals surface area contributed by atoms with Gasteiger partial charge in [0.05, 0.1) is 4.90 Å². The Labute approximate surface area is 117 Å². The molecule has 1 heterocycles. The standard InChI is InChI=1S/C13H16ClNO3S/c1-10(16)15-8-6-12(7-9-15)11-2-4-13(5-3-11)19(14,17)18/h2-5,12H,6-9H2,1H3. The van der Waals surface area contributed by atoms with Gasteiger partial charge in [0.25, 0.3) is 9.05 Å². The van der Waals surface area contributed by atoms with Crippen molar-refractivity contribution in [1.82, 2.24) is 4.90 Å². The molecular weight excluding hydrogens is 286 g/mol. The van der Waals surface area contributed by atoms with Gasteiger partial charge in [0.1, 0.15) is 0 Å². The Bertz CT molecular complexity index is 560. The van der Waals surface area contributed by atoms with Crippen molar-refractivity contribution in [2.75, 3.05) is 13.1 Å². The topological polar surface area (TPSA) is 54.5 Å². The summed E-state index contributed by atoms with van der Waals surface area (Å²) in [6.07, 6.45) is 1.82. The summed E-state index contributed by atoms with van der Waals surface area (Å²) < 4.78 is 22.3. The van der Waals surface area contributed by atoms with Crippen LogP contribution in [0.25, 0.3) is 0 Å². The van der Waals surface area contributed by atoms with E-state index >= 15 is 0 Å². The number of nitrogens with zero attached hydrogens (tertiary/aromatic N) is 1. The number of carbonyl (C=O) groups excluding carboxylic acids is 1. The van der Waals surface area contributed by atoms with Crippen LogP contribution >= 0.6 is 10.7 Å². The molecular formula is C13H16ClNO3S. The zero-order valence-corrected chi connectivity index (χ0v) is 12.2. The minimum Gasteiger partial charge on any atom is -0.343 e. The first kappa shape index (κ1) is 14.3. The van der Waals surface area contributed by atoms with Crippen LogP contribution in [0.3, 0.4) is 0 Å². The highest BCUT2D eigenvalue weighted by Crippen LogP contribution is 2.29. The number of rotatable bonds is 2. The summed E-state index contributed by atoms with van der Waals surface area (Å²) in [5.41, 5.74) is 1.10. The molecule has 19 heavy (non-hydrogen) atoms. The van der Waals surface area contributed by atoms with Crippen LogP contribution in [0, 0.1) is 0 Å². The van der Waals surface area contributed by atoms with Gasteiger partial charge >= 0.3 is 0 Å². The maximum absolute atomic E-state index is 11.2. The van der Waals surface area contributed by atoms with Gasteiger partial charge in [0, 0.05) is 30.7 Å². The molecule has 0 aromatic heterocycles. The zero-order valence-electron chi connectivity index (χ0n) is 10.7. The predicted octanol–water partition coefficient (Wildman–Crippen LogP) is 2.34. The van der Waals surface area contributed by atoms with E-state index in [0.717, 1.165) is 31.5 Å². The average molecular weight is 302 g/mol. The summed E-state index contributed by atoms with van der Waals surface area (Å²) in [5.74, 6) is 0.490. The fraction of sp³-hybridized carbons (Fsp3) is 0.462. The maximum Gasteiger partial charge on any atom is 0.261 e. The van der Waals surface area contributed by atoms with Gasteiger partial charge in [0.15, 0.2) is 0 Å². The molecule has 2 rings (SSSR count). The smallest absolute Gasteiger partial charge is 0.261 e. The molecule has 0 unspecified atom stereocenters. The fourth-order valence-electron chi connectivity index (χ4n) is 2.43. The maximum atomic E-state index is 11.2. The number of hydrogen-bond donors (Lipinski definition) is 0. The summed E-state index contributed by atoms with van der Waals surface area (Å²) in [4.78, 5) is 13.2. The van der Waals surface area contributed by atoms with Gasteiger partial charge in [-0.15, -0.1) is 0 Å². The lowest BCUT2D eigenvalue weighted by Crippen LogP contribution is -2.36. The first-order valence-corrected chi connectivity index (χ1v) is 8.49. The number of piperidine rings is 1. The number of benzene rings is 1. The van der Waals surface area contributed by atoms with Crippen molar-refractivity contribution in [1.29, 1.82) is 0 Å². The molecule has 0 spiro atoms. The molecule has 1 amide bonds. The average Bonchev–Trinajstić information content (AvgIpc) is 2.38. The molecule has 0 bridgehead atoms. The van der Waals surface area contributed by atoms with E-state index in [2.05, 4.69) is 0 Å². The molecule has 1 aromatic rings. The number of carbonyl (C=O) groups is 1. The van der Waals surface area contributed by atoms with Crippen LogP contribution in [0.4, 0.5) is 0 Å². The van der Waals surface area contributed by atoms with Gasteiger partial charge in [-0.05, 0) is 36.5 Å². The second-order valence-electron chi connectivity index (χ2n) is 4.79. The minimum atomic E-state index is -3.65. The third-order valence-electron chi connectivity index (χ3n) is 3.57. The fourth-order valence-corrected chi connectivity index (χ4v) is 3.20. The van der Waals surface area contributed by atoms with Gasteiger partial charge in [-0.3, -0.25) is 4.79 Å². The molecule has 0 N–H and O–H groups in total. The van der Waals surface area contributed by atoms with E-state index in [4.69, 9.17) is 10.7 Å². The Morgan fingerprint density at radius 2 is 1.74 bits per heavy atom. The highest BCUT2D eigenvalue weighted by molar-refractivity contribution is 8.13. The van der Waals surface area contributed by atoms with Crippen molar-refractivity contribution in [3.8, 4) is 0 Å². The lowest BCUT2D eigenvalue weighted by Gasteiger charge is -2.31. The van der Waals surface area contributed by atoms with Crippen LogP contribution in [0.15, 0.2) is 29.2 Å². The first-order chi connectivity index (χ1) is 8.88. The summed E-state index contributed by atoms with van der Waals surface area (Å²) in [6, 6.07) is 6.69. The molecule has 1 fully saturated rings. The molecule has 0 aliphatic carbocycles. The Hall–Kier alpha value is -1.07. The van der Waals surface area contributed by atoms with Crippen LogP contribution in [-0.4, -0.2) is 32.3 Å². The molecule has 1 aliphatic rings. The van der Waals surface area contributed by atoms with E-state index < -0.39 is 9.05 Å². The normalized spacial score (nSPS) is 17.5. The molecule has 1 aliphatic heterocycles. The second-order valence-corrected chi connectivity index (χ2v) is 7.35. The van der Waals surface area contributed by atoms with Crippen molar-refractivity contribution in [2.45, 2.75) is 30.6 Å². The molecule has 0 saturated carbocycles. The Morgan fingerprint density at radius 1 is 1.21 bits per heavy atom. The number of likely N-dealkylation sites (tertiary alicyclic amines) is 1. The largest absolute Gasteiger partial charge is 0.343 e. The van der Waals surface area contributed by atoms with E-state index in [1.807, 2.05) is 17.0 Å². The summed E-state index contributed by atoms with van der Waals surface area (Å²) in [7, 11) is 1.63. The van der Waals surface area contributed by atoms with Crippen LogP contribution in [-0.2, 0) is 13.8 Å². The van der Waals surface area contributed by atoms with Crippen LogP contribution in [0.2, 0.25) is 0 Å². The lowest BCUT2D eigenvalue weighted by molar-refractivity contribution is -0.129. The molecule has 0 atom stereocenters. The molecule has 4 nitrogen and oxygen atoms in total. The molecule has 1 saturated heterocycles. The number of hydrogen-bond acceptors (Lipinski definition) is 3. The Kier molecular flexibility index (Phi) is 4.16. The van der Waals surface area contributed by atoms with E-state index in [1.165, 1.54) is 12.1 Å². The van der Waals surface area contributed by atoms with Crippen molar-refractivity contribution in [3.63, 3.8) is 0 Å². The predicted molar refractivity (Wildman–Crippen MR) is 73.7 cm³/mol. The van der Waals surface area contributed by atoms with Gasteiger partial charge in [0.2, 0.25) is 5.91 Å². The quantitative estimate of drug-likeness (QED) is 0.788. The molecule has 6 heteroatoms. The van der Waals surface area contributed by atoms with Crippen molar-refractivity contribution in [2.24, 2.45) is 0 Å². The third-order valence-corrected chi connectivity index (χ3v) is 4.94. The highest BCUT2D eigenvalue weighted by atomic mass is 35.7. The van der Waals surface area contributed by atoms with E-state index in [1.54, 1.807) is 6.92 Å². The summed E-state index contributed by atoms with van der Waals surface area (Å²) in [6.45, 7) is 3.10. The monoisotopic (exact) mass is 301 g/mol. The Balaban J connectivity index is 2.06. The van der Waals surface area contributed by atoms with Crippen molar-refractivity contribution < 1.29 is 13.2 Å². The number of halogens is 1. The summed E-state index contributed by atoms with van der Waals surface area (Å²) in [5, 5.41) is 0. The SMILES string of the molecule is CC(=O)N1CCC(c2ccc(S(=O)(=O)Cl)cc2)CC1. The van der Waals surface area contributed by atoms with Crippen molar-refractivity contribution in [3.05, 3.63) is 29.8 Å². The van der Waals surface area contributed by atoms with E-state index in [0.29, 0.717) is 5.92 Å². The first-order valence-electron chi connectivity index (χ1n) is 6.18. The van der Waals surface area contributed by atoms with Gasteiger partial charge in [-0.2, -0.15) is 0 Å². The third kappa shape index (κ3) is 3.48. The second kappa shape index (κ2) is 5.51. The summed E-state index contributed by atoms with van der Waals surface area (Å²) >= 11 is 0. The zero-order chi connectivity index (χ0) is 14.0. The van der Waals surface area contributed by atoms with Gasteiger partial charge in [-0.25, -0.2) is 8.42 Å². The van der Waals surface area contributed by atoms with E-state index in [-0.39, 0.29) is 10.8 Å². The van der Waals surface area contributed by atoms with E-state index in [9.17, 15) is 13.2 Å². The molecule has 0 radical (unpaired) electrons. The number of amides is 1. The Morgan fingerprint density at radius 3 is 2.16 bits per heavy atom. The van der Waals surface area contributed by atoms with Crippen LogP contribution < -0.4 is 0 Å². The molecule has 1 aromatic carbocycles. The van der Waals surface area contributed by atoms with Crippen LogP contribution in [0.1, 0.15) is 31.2 Å².